The van der Waals surface area contributed by atoms with Crippen molar-refractivity contribution >= 4 is 28.9 Å². The average Bonchev–Trinajstić information content (AvgIpc) is 3.23. The van der Waals surface area contributed by atoms with E-state index in [1.54, 1.807) is 41.3 Å². The Labute approximate surface area is 189 Å². The molecule has 1 saturated heterocycles. The van der Waals surface area contributed by atoms with Crippen molar-refractivity contribution in [3.8, 4) is 5.75 Å². The highest BCUT2D eigenvalue weighted by Gasteiger charge is 2.47. The van der Waals surface area contributed by atoms with Crippen LogP contribution in [0.2, 0.25) is 5.02 Å². The predicted octanol–water partition coefficient (Wildman–Crippen LogP) is 5.28. The van der Waals surface area contributed by atoms with Crippen LogP contribution in [0.4, 0.5) is 11.4 Å². The lowest BCUT2D eigenvalue weighted by atomic mass is 9.88. The molecule has 3 aromatic carbocycles. The quantitative estimate of drug-likeness (QED) is 0.432. The number of nitro benzene ring substituents is 1. The van der Waals surface area contributed by atoms with E-state index in [1.165, 1.54) is 12.1 Å². The van der Waals surface area contributed by atoms with Crippen LogP contribution in [0.15, 0.2) is 72.8 Å². The molecule has 2 aliphatic heterocycles. The number of likely N-dealkylation sites (tertiary alicyclic amines) is 1. The largest absolute Gasteiger partial charge is 0.470 e. The highest BCUT2D eigenvalue weighted by molar-refractivity contribution is 6.30. The molecule has 0 aliphatic carbocycles. The summed E-state index contributed by atoms with van der Waals surface area (Å²) in [6, 6.07) is 20.9. The van der Waals surface area contributed by atoms with E-state index in [0.717, 1.165) is 23.4 Å². The van der Waals surface area contributed by atoms with Crippen LogP contribution in [-0.2, 0) is 0 Å². The number of nitro groups is 1. The van der Waals surface area contributed by atoms with Crippen LogP contribution in [0.1, 0.15) is 28.4 Å². The van der Waals surface area contributed by atoms with Crippen molar-refractivity contribution in [3.63, 3.8) is 0 Å². The number of nitrogens with one attached hydrogen (secondary N) is 1. The molecule has 162 valence electrons. The van der Waals surface area contributed by atoms with Gasteiger partial charge in [-0.2, -0.15) is 0 Å². The zero-order chi connectivity index (χ0) is 22.2. The number of amides is 1. The Kier molecular flexibility index (Phi) is 5.19. The van der Waals surface area contributed by atoms with Gasteiger partial charge < -0.3 is 15.0 Å². The van der Waals surface area contributed by atoms with Crippen LogP contribution in [-0.4, -0.2) is 28.5 Å². The molecule has 3 atom stereocenters. The maximum Gasteiger partial charge on any atom is 0.269 e. The molecule has 0 spiro atoms. The van der Waals surface area contributed by atoms with Gasteiger partial charge in [-0.1, -0.05) is 29.8 Å². The Morgan fingerprint density at radius 1 is 1.06 bits per heavy atom. The third-order valence-electron chi connectivity index (χ3n) is 6.06. The fourth-order valence-corrected chi connectivity index (χ4v) is 4.62. The number of halogens is 1. The van der Waals surface area contributed by atoms with Crippen LogP contribution in [0, 0.1) is 16.0 Å². The van der Waals surface area contributed by atoms with E-state index >= 15 is 0 Å². The summed E-state index contributed by atoms with van der Waals surface area (Å²) in [5.74, 6) is 0.656. The zero-order valence-corrected chi connectivity index (χ0v) is 17.7. The summed E-state index contributed by atoms with van der Waals surface area (Å²) >= 11 is 5.97. The molecule has 0 saturated carbocycles. The van der Waals surface area contributed by atoms with Gasteiger partial charge in [0.05, 0.1) is 11.0 Å². The standard InChI is InChI=1S/C24H20ClN3O4/c25-16-7-5-15(6-8-16)23(29)27-14-13-20-22(19-3-1-2-4-21(19)32-24(20)27)26-17-9-11-18(12-10-17)28(30)31/h1-12,20,22,24,26H,13-14H2/t20-,22-,24+/m1/s1. The smallest absolute Gasteiger partial charge is 0.269 e. The number of hydrogen-bond acceptors (Lipinski definition) is 5. The highest BCUT2D eigenvalue weighted by Crippen LogP contribution is 2.46. The van der Waals surface area contributed by atoms with Gasteiger partial charge in [-0.3, -0.25) is 14.9 Å². The minimum absolute atomic E-state index is 0.0244. The molecule has 2 heterocycles. The zero-order valence-electron chi connectivity index (χ0n) is 17.0. The summed E-state index contributed by atoms with van der Waals surface area (Å²) < 4.78 is 6.30. The van der Waals surface area contributed by atoms with Crippen molar-refractivity contribution in [1.29, 1.82) is 0 Å². The molecular formula is C24H20ClN3O4. The first-order chi connectivity index (χ1) is 15.5. The monoisotopic (exact) mass is 449 g/mol. The molecule has 2 aliphatic rings. The van der Waals surface area contributed by atoms with Crippen molar-refractivity contribution in [2.45, 2.75) is 18.7 Å². The van der Waals surface area contributed by atoms with Gasteiger partial charge in [0.1, 0.15) is 5.75 Å². The Hall–Kier alpha value is -3.58. The van der Waals surface area contributed by atoms with Crippen molar-refractivity contribution in [3.05, 3.63) is 99.1 Å². The summed E-state index contributed by atoms with van der Waals surface area (Å²) in [4.78, 5) is 25.5. The number of para-hydroxylation sites is 1. The minimum Gasteiger partial charge on any atom is -0.470 e. The molecule has 0 unspecified atom stereocenters. The fourth-order valence-electron chi connectivity index (χ4n) is 4.50. The van der Waals surface area contributed by atoms with Crippen LogP contribution in [0.5, 0.6) is 5.75 Å². The van der Waals surface area contributed by atoms with E-state index in [0.29, 0.717) is 17.1 Å². The maximum atomic E-state index is 13.2. The lowest BCUT2D eigenvalue weighted by Crippen LogP contribution is -2.46. The topological polar surface area (TPSA) is 84.7 Å². The molecule has 5 rings (SSSR count). The van der Waals surface area contributed by atoms with E-state index in [4.69, 9.17) is 16.3 Å². The van der Waals surface area contributed by atoms with Gasteiger partial charge in [-0.15, -0.1) is 0 Å². The number of benzene rings is 3. The van der Waals surface area contributed by atoms with Gasteiger partial charge in [0, 0.05) is 46.4 Å². The number of non-ortho nitro benzene ring substituents is 1. The molecule has 32 heavy (non-hydrogen) atoms. The Morgan fingerprint density at radius 3 is 2.50 bits per heavy atom. The van der Waals surface area contributed by atoms with E-state index in [2.05, 4.69) is 5.32 Å². The number of carbonyl (C=O) groups is 1. The number of hydrogen-bond donors (Lipinski definition) is 1. The van der Waals surface area contributed by atoms with Gasteiger partial charge in [-0.05, 0) is 48.9 Å². The molecule has 0 bridgehead atoms. The lowest BCUT2D eigenvalue weighted by molar-refractivity contribution is -0.384. The van der Waals surface area contributed by atoms with Crippen molar-refractivity contribution in [1.82, 2.24) is 4.90 Å². The first-order valence-corrected chi connectivity index (χ1v) is 10.7. The van der Waals surface area contributed by atoms with E-state index in [-0.39, 0.29) is 23.6 Å². The first-order valence-electron chi connectivity index (χ1n) is 10.3. The van der Waals surface area contributed by atoms with E-state index in [9.17, 15) is 14.9 Å². The number of ether oxygens (including phenoxy) is 1. The molecule has 8 heteroatoms. The van der Waals surface area contributed by atoms with Gasteiger partial charge in [0.2, 0.25) is 0 Å². The molecule has 0 aromatic heterocycles. The normalized spacial score (nSPS) is 21.3. The summed E-state index contributed by atoms with van der Waals surface area (Å²) in [5.41, 5.74) is 2.39. The Balaban J connectivity index is 1.45. The maximum absolute atomic E-state index is 13.2. The van der Waals surface area contributed by atoms with E-state index < -0.39 is 11.2 Å². The third kappa shape index (κ3) is 3.65. The Morgan fingerprint density at radius 2 is 1.78 bits per heavy atom. The minimum atomic E-state index is -0.416. The SMILES string of the molecule is O=C(c1ccc(Cl)cc1)N1CC[C@@H]2[C@H](Nc3ccc([N+](=O)[O-])cc3)c3ccccc3O[C@@H]21. The van der Waals surface area contributed by atoms with Crippen LogP contribution >= 0.6 is 11.6 Å². The number of anilines is 1. The summed E-state index contributed by atoms with van der Waals surface area (Å²) in [5, 5.41) is 15.1. The molecule has 7 nitrogen and oxygen atoms in total. The van der Waals surface area contributed by atoms with Crippen molar-refractivity contribution in [2.24, 2.45) is 5.92 Å². The number of fused-ring (bicyclic) bond motifs is 2. The number of carbonyl (C=O) groups excluding carboxylic acids is 1. The molecule has 3 aromatic rings. The predicted molar refractivity (Wildman–Crippen MR) is 121 cm³/mol. The summed E-state index contributed by atoms with van der Waals surface area (Å²) in [6.45, 7) is 0.573. The summed E-state index contributed by atoms with van der Waals surface area (Å²) in [7, 11) is 0. The van der Waals surface area contributed by atoms with Crippen LogP contribution in [0.3, 0.4) is 0 Å². The van der Waals surface area contributed by atoms with E-state index in [1.807, 2.05) is 24.3 Å². The lowest BCUT2D eigenvalue weighted by Gasteiger charge is -2.39. The molecule has 1 fully saturated rings. The van der Waals surface area contributed by atoms with Crippen LogP contribution in [0.25, 0.3) is 0 Å². The second kappa shape index (κ2) is 8.16. The number of nitrogens with zero attached hydrogens (tertiary/aromatic N) is 2. The second-order valence-electron chi connectivity index (χ2n) is 7.93. The van der Waals surface area contributed by atoms with Crippen molar-refractivity contribution < 1.29 is 14.5 Å². The molecule has 0 radical (unpaired) electrons. The molecule has 1 amide bonds. The van der Waals surface area contributed by atoms with Gasteiger partial charge in [0.25, 0.3) is 11.6 Å². The van der Waals surface area contributed by atoms with Crippen molar-refractivity contribution in [2.75, 3.05) is 11.9 Å². The van der Waals surface area contributed by atoms with Gasteiger partial charge in [0.15, 0.2) is 6.23 Å². The average molecular weight is 450 g/mol. The number of rotatable bonds is 4. The summed E-state index contributed by atoms with van der Waals surface area (Å²) in [6.07, 6.45) is 0.354. The van der Waals surface area contributed by atoms with Gasteiger partial charge in [-0.25, -0.2) is 0 Å². The second-order valence-corrected chi connectivity index (χ2v) is 8.37. The first kappa shape index (κ1) is 20.3. The fraction of sp³-hybridized carbons (Fsp3) is 0.208. The third-order valence-corrected chi connectivity index (χ3v) is 6.31. The molecule has 1 N–H and O–H groups in total. The van der Waals surface area contributed by atoms with Crippen LogP contribution < -0.4 is 10.1 Å². The molecular weight excluding hydrogens is 430 g/mol. The Bertz CT molecular complexity index is 1170. The van der Waals surface area contributed by atoms with Gasteiger partial charge >= 0.3 is 0 Å². The highest BCUT2D eigenvalue weighted by atomic mass is 35.5.